The van der Waals surface area contributed by atoms with Crippen LogP contribution < -0.4 is 20.4 Å². The van der Waals surface area contributed by atoms with Crippen molar-refractivity contribution in [2.75, 3.05) is 47.9 Å². The first kappa shape index (κ1) is 25.1. The number of rotatable bonds is 8. The fraction of sp³-hybridized carbons (Fsp3) is 0.250. The Morgan fingerprint density at radius 3 is 2.43 bits per heavy atom. The van der Waals surface area contributed by atoms with Crippen molar-refractivity contribution in [2.45, 2.75) is 6.92 Å². The van der Waals surface area contributed by atoms with Crippen LogP contribution >= 0.6 is 23.2 Å². The Morgan fingerprint density at radius 2 is 1.74 bits per heavy atom. The number of carbonyl (C=O) groups excluding carboxylic acids is 1. The van der Waals surface area contributed by atoms with Crippen LogP contribution in [0.25, 0.3) is 11.1 Å². The fourth-order valence-electron chi connectivity index (χ4n) is 3.96. The summed E-state index contributed by atoms with van der Waals surface area (Å²) in [5.74, 6) is -1.53. The summed E-state index contributed by atoms with van der Waals surface area (Å²) in [4.78, 5) is 20.4. The van der Waals surface area contributed by atoms with Crippen molar-refractivity contribution in [1.29, 1.82) is 0 Å². The number of nitrogens with one attached hydrogen (secondary N) is 2. The Labute approximate surface area is 211 Å². The maximum atomic E-state index is 15.4. The number of fused-ring (bicyclic) bond motifs is 3. The number of benzene rings is 2. The number of hydrogen-bond acceptors (Lipinski definition) is 5. The number of hydrogen-bond donors (Lipinski definition) is 3. The molecule has 35 heavy (non-hydrogen) atoms. The molecule has 184 valence electrons. The molecule has 2 aromatic carbocycles. The van der Waals surface area contributed by atoms with Crippen LogP contribution in [0.5, 0.6) is 0 Å². The van der Waals surface area contributed by atoms with Gasteiger partial charge >= 0.3 is 6.03 Å². The minimum Gasteiger partial charge on any atom is -0.395 e. The number of pyridine rings is 1. The topological polar surface area (TPSA) is 80.7 Å². The van der Waals surface area contributed by atoms with E-state index in [2.05, 4.69) is 15.6 Å². The van der Waals surface area contributed by atoms with Gasteiger partial charge in [-0.3, -0.25) is 9.80 Å². The van der Waals surface area contributed by atoms with Gasteiger partial charge in [-0.05, 0) is 37.3 Å². The van der Waals surface area contributed by atoms with E-state index < -0.39 is 23.4 Å². The van der Waals surface area contributed by atoms with E-state index in [1.807, 2.05) is 0 Å². The highest BCUT2D eigenvalue weighted by Gasteiger charge is 2.36. The Balaban J connectivity index is 1.82. The fourth-order valence-corrected chi connectivity index (χ4v) is 4.28. The molecule has 11 heteroatoms. The van der Waals surface area contributed by atoms with Crippen LogP contribution in [-0.4, -0.2) is 48.9 Å². The van der Waals surface area contributed by atoms with Crippen molar-refractivity contribution < 1.29 is 18.7 Å². The summed E-state index contributed by atoms with van der Waals surface area (Å²) < 4.78 is 30.9. The normalized spacial score (nSPS) is 12.9. The van der Waals surface area contributed by atoms with E-state index in [1.165, 1.54) is 17.2 Å². The predicted octanol–water partition coefficient (Wildman–Crippen LogP) is 5.43. The van der Waals surface area contributed by atoms with Crippen molar-refractivity contribution >= 4 is 52.1 Å². The molecule has 4 rings (SSSR count). The highest BCUT2D eigenvalue weighted by Crippen LogP contribution is 2.46. The molecule has 0 aliphatic carbocycles. The van der Waals surface area contributed by atoms with E-state index in [4.69, 9.17) is 28.3 Å². The molecule has 2 amide bonds. The molecule has 0 bridgehead atoms. The van der Waals surface area contributed by atoms with Gasteiger partial charge in [0.15, 0.2) is 11.6 Å². The van der Waals surface area contributed by atoms with Gasteiger partial charge in [-0.15, -0.1) is 0 Å². The average Bonchev–Trinajstić information content (AvgIpc) is 2.91. The van der Waals surface area contributed by atoms with Gasteiger partial charge in [0.05, 0.1) is 17.3 Å². The molecular weight excluding hydrogens is 499 g/mol. The lowest BCUT2D eigenvalue weighted by atomic mass is 10.0. The summed E-state index contributed by atoms with van der Waals surface area (Å²) >= 11 is 12.4. The first-order chi connectivity index (χ1) is 16.8. The zero-order chi connectivity index (χ0) is 25.1. The Morgan fingerprint density at radius 1 is 1.00 bits per heavy atom. The molecule has 0 fully saturated rings. The standard InChI is InChI=1S/C24H23Cl2F2N5O2/c1-2-32-23-18(9-15(26)13-31-23)17-4-3-14(25)10-21(17)33(24(32)35)22-19(27)11-16(12-20(22)28)30-6-5-29-7-8-34/h3-4,9-13,29-30,34H,2,5-8H2,1H3. The Hall–Kier alpha value is -2.98. The van der Waals surface area contributed by atoms with E-state index in [9.17, 15) is 4.79 Å². The largest absolute Gasteiger partial charge is 0.395 e. The van der Waals surface area contributed by atoms with Crippen molar-refractivity contribution in [1.82, 2.24) is 10.3 Å². The minimum absolute atomic E-state index is 0.00627. The number of nitrogens with zero attached hydrogens (tertiary/aromatic N) is 3. The molecule has 1 aromatic heterocycles. The van der Waals surface area contributed by atoms with Gasteiger partial charge in [0.2, 0.25) is 0 Å². The summed E-state index contributed by atoms with van der Waals surface area (Å²) in [5, 5.41) is 15.3. The first-order valence-electron chi connectivity index (χ1n) is 11.0. The monoisotopic (exact) mass is 521 g/mol. The smallest absolute Gasteiger partial charge is 0.334 e. The Bertz CT molecular complexity index is 1240. The minimum atomic E-state index is -0.928. The van der Waals surface area contributed by atoms with Crippen molar-refractivity contribution in [2.24, 2.45) is 0 Å². The van der Waals surface area contributed by atoms with Crippen molar-refractivity contribution in [3.63, 3.8) is 0 Å². The number of amides is 2. The molecule has 7 nitrogen and oxygen atoms in total. The summed E-state index contributed by atoms with van der Waals surface area (Å²) in [5.41, 5.74) is 0.929. The highest BCUT2D eigenvalue weighted by atomic mass is 35.5. The number of anilines is 4. The van der Waals surface area contributed by atoms with Gasteiger partial charge in [0.1, 0.15) is 11.5 Å². The number of halogens is 4. The van der Waals surface area contributed by atoms with Crippen LogP contribution in [0.2, 0.25) is 10.0 Å². The Kier molecular flexibility index (Phi) is 7.71. The van der Waals surface area contributed by atoms with Crippen LogP contribution in [-0.2, 0) is 0 Å². The second kappa shape index (κ2) is 10.7. The zero-order valence-corrected chi connectivity index (χ0v) is 20.3. The summed E-state index contributed by atoms with van der Waals surface area (Å²) in [6.45, 7) is 3.21. The number of aliphatic hydroxyl groups is 1. The molecule has 0 unspecified atom stereocenters. The van der Waals surface area contributed by atoms with Crippen molar-refractivity contribution in [3.05, 3.63) is 64.3 Å². The van der Waals surface area contributed by atoms with Gasteiger partial charge in [0, 0.05) is 54.2 Å². The molecule has 0 atom stereocenters. The second-order valence-corrected chi connectivity index (χ2v) is 8.61. The summed E-state index contributed by atoms with van der Waals surface area (Å²) in [6, 6.07) is 8.00. The number of urea groups is 1. The third-order valence-electron chi connectivity index (χ3n) is 5.48. The van der Waals surface area contributed by atoms with E-state index in [0.29, 0.717) is 41.6 Å². The zero-order valence-electron chi connectivity index (χ0n) is 18.8. The molecule has 3 aromatic rings. The van der Waals surface area contributed by atoms with Crippen LogP contribution in [0.3, 0.4) is 0 Å². The average molecular weight is 522 g/mol. The molecule has 2 heterocycles. The lowest BCUT2D eigenvalue weighted by Gasteiger charge is -2.28. The SMILES string of the molecule is CCN1C(=O)N(c2c(F)cc(NCCNCCO)cc2F)c2cc(Cl)ccc2-c2cc(Cl)cnc21. The first-order valence-corrected chi connectivity index (χ1v) is 11.7. The van der Waals surface area contributed by atoms with Crippen molar-refractivity contribution in [3.8, 4) is 11.1 Å². The molecule has 0 saturated heterocycles. The second-order valence-electron chi connectivity index (χ2n) is 7.74. The van der Waals surface area contributed by atoms with E-state index in [0.717, 1.165) is 17.0 Å². The molecule has 1 aliphatic heterocycles. The van der Waals surface area contributed by atoms with E-state index in [1.54, 1.807) is 25.1 Å². The van der Waals surface area contributed by atoms with Gasteiger partial charge in [-0.2, -0.15) is 0 Å². The quantitative estimate of drug-likeness (QED) is 0.344. The maximum absolute atomic E-state index is 15.4. The van der Waals surface area contributed by atoms with Gasteiger partial charge in [0.25, 0.3) is 0 Å². The molecule has 1 aliphatic rings. The maximum Gasteiger partial charge on any atom is 0.334 e. The number of carbonyl (C=O) groups is 1. The molecule has 0 spiro atoms. The van der Waals surface area contributed by atoms with E-state index in [-0.39, 0.29) is 29.5 Å². The highest BCUT2D eigenvalue weighted by molar-refractivity contribution is 6.32. The number of aromatic nitrogens is 1. The van der Waals surface area contributed by atoms with Crippen LogP contribution in [0.15, 0.2) is 42.6 Å². The van der Waals surface area contributed by atoms with Crippen LogP contribution in [0, 0.1) is 11.6 Å². The van der Waals surface area contributed by atoms with E-state index >= 15 is 8.78 Å². The molecule has 0 saturated carbocycles. The predicted molar refractivity (Wildman–Crippen MR) is 135 cm³/mol. The summed E-state index contributed by atoms with van der Waals surface area (Å²) in [7, 11) is 0. The molecule has 0 radical (unpaired) electrons. The van der Waals surface area contributed by atoms with Gasteiger partial charge in [-0.1, -0.05) is 29.3 Å². The van der Waals surface area contributed by atoms with Gasteiger partial charge in [-0.25, -0.2) is 18.6 Å². The molecule has 3 N–H and O–H groups in total. The van der Waals surface area contributed by atoms with Crippen LogP contribution in [0.4, 0.5) is 36.5 Å². The lowest BCUT2D eigenvalue weighted by Crippen LogP contribution is -2.41. The molecular formula is C24H23Cl2F2N5O2. The van der Waals surface area contributed by atoms with Gasteiger partial charge < -0.3 is 15.7 Å². The number of aliphatic hydroxyl groups excluding tert-OH is 1. The third-order valence-corrected chi connectivity index (χ3v) is 5.92. The van der Waals surface area contributed by atoms with Crippen LogP contribution in [0.1, 0.15) is 6.92 Å². The third kappa shape index (κ3) is 5.04. The lowest BCUT2D eigenvalue weighted by molar-refractivity contribution is 0.253. The summed E-state index contributed by atoms with van der Waals surface area (Å²) in [6.07, 6.45) is 1.42.